The fourth-order valence-corrected chi connectivity index (χ4v) is 4.69. The molecule has 160 valence electrons. The first-order valence-electron chi connectivity index (χ1n) is 9.58. The molecule has 0 aliphatic carbocycles. The van der Waals surface area contributed by atoms with Gasteiger partial charge in [-0.05, 0) is 42.0 Å². The number of nitrogens with zero attached hydrogens (tertiary/aromatic N) is 2. The molecule has 0 unspecified atom stereocenters. The molecule has 8 nitrogen and oxygen atoms in total. The molecule has 30 heavy (non-hydrogen) atoms. The molecule has 0 atom stereocenters. The highest BCUT2D eigenvalue weighted by molar-refractivity contribution is 7.89. The van der Waals surface area contributed by atoms with Crippen LogP contribution in [0.2, 0.25) is 0 Å². The molecule has 2 amide bonds. The molecule has 1 saturated heterocycles. The van der Waals surface area contributed by atoms with Gasteiger partial charge in [0, 0.05) is 38.8 Å². The van der Waals surface area contributed by atoms with E-state index < -0.39 is 10.0 Å². The minimum Gasteiger partial charge on any atom is -0.497 e. The molecule has 3 rings (SSSR count). The van der Waals surface area contributed by atoms with Crippen LogP contribution in [-0.2, 0) is 26.0 Å². The van der Waals surface area contributed by atoms with Gasteiger partial charge in [-0.15, -0.1) is 0 Å². The number of sulfonamides is 1. The minimum absolute atomic E-state index is 0.0307. The zero-order chi connectivity index (χ0) is 21.7. The normalized spacial score (nSPS) is 14.9. The lowest BCUT2D eigenvalue weighted by atomic mass is 10.1. The largest absolute Gasteiger partial charge is 0.497 e. The van der Waals surface area contributed by atoms with E-state index in [1.807, 2.05) is 24.3 Å². The summed E-state index contributed by atoms with van der Waals surface area (Å²) in [6, 6.07) is 13.4. The Morgan fingerprint density at radius 1 is 0.967 bits per heavy atom. The highest BCUT2D eigenvalue weighted by atomic mass is 32.2. The van der Waals surface area contributed by atoms with Crippen LogP contribution in [0.1, 0.15) is 12.5 Å². The van der Waals surface area contributed by atoms with Crippen molar-refractivity contribution in [3.8, 4) is 5.75 Å². The molecular formula is C21H25N3O5S. The Bertz CT molecular complexity index is 996. The molecule has 2 aromatic carbocycles. The van der Waals surface area contributed by atoms with Crippen LogP contribution in [-0.4, -0.2) is 62.7 Å². The van der Waals surface area contributed by atoms with Gasteiger partial charge < -0.3 is 15.0 Å². The van der Waals surface area contributed by atoms with Gasteiger partial charge in [-0.3, -0.25) is 9.59 Å². The summed E-state index contributed by atoms with van der Waals surface area (Å²) < 4.78 is 32.2. The van der Waals surface area contributed by atoms with Crippen molar-refractivity contribution in [2.24, 2.45) is 0 Å². The molecule has 1 heterocycles. The standard InChI is InChI=1S/C21H25N3O5S/c1-16(25)22-18-5-9-20(10-6-18)30(27,28)24-13-11-23(12-14-24)21(26)15-17-3-7-19(29-2)8-4-17/h3-10H,11-15H2,1-2H3,(H,22,25). The molecule has 0 spiro atoms. The van der Waals surface area contributed by atoms with Crippen LogP contribution in [0.15, 0.2) is 53.4 Å². The third kappa shape index (κ3) is 5.17. The highest BCUT2D eigenvalue weighted by Crippen LogP contribution is 2.20. The third-order valence-corrected chi connectivity index (χ3v) is 6.83. The number of rotatable bonds is 6. The highest BCUT2D eigenvalue weighted by Gasteiger charge is 2.30. The number of methoxy groups -OCH3 is 1. The Balaban J connectivity index is 1.58. The molecule has 0 saturated carbocycles. The number of carbonyl (C=O) groups is 2. The van der Waals surface area contributed by atoms with Crippen LogP contribution < -0.4 is 10.1 Å². The zero-order valence-corrected chi connectivity index (χ0v) is 17.8. The van der Waals surface area contributed by atoms with E-state index >= 15 is 0 Å². The maximum atomic E-state index is 12.9. The molecule has 1 N–H and O–H groups in total. The van der Waals surface area contributed by atoms with Crippen LogP contribution in [0.3, 0.4) is 0 Å². The first-order valence-corrected chi connectivity index (χ1v) is 11.0. The number of anilines is 1. The monoisotopic (exact) mass is 431 g/mol. The summed E-state index contributed by atoms with van der Waals surface area (Å²) in [6.07, 6.45) is 0.265. The number of hydrogen-bond donors (Lipinski definition) is 1. The van der Waals surface area contributed by atoms with Crippen molar-refractivity contribution in [1.82, 2.24) is 9.21 Å². The number of carbonyl (C=O) groups excluding carboxylic acids is 2. The summed E-state index contributed by atoms with van der Waals surface area (Å²) in [5, 5.41) is 2.61. The maximum absolute atomic E-state index is 12.9. The Morgan fingerprint density at radius 2 is 1.57 bits per heavy atom. The van der Waals surface area contributed by atoms with Crippen LogP contribution in [0.4, 0.5) is 5.69 Å². The van der Waals surface area contributed by atoms with Gasteiger partial charge in [0.1, 0.15) is 5.75 Å². The Morgan fingerprint density at radius 3 is 2.10 bits per heavy atom. The number of piperazine rings is 1. The van der Waals surface area contributed by atoms with Crippen molar-refractivity contribution in [2.75, 3.05) is 38.6 Å². The first-order chi connectivity index (χ1) is 14.3. The van der Waals surface area contributed by atoms with Gasteiger partial charge in [0.15, 0.2) is 0 Å². The van der Waals surface area contributed by atoms with Crippen molar-refractivity contribution >= 4 is 27.5 Å². The average molecular weight is 432 g/mol. The van der Waals surface area contributed by atoms with E-state index in [0.29, 0.717) is 18.8 Å². The predicted molar refractivity (Wildman–Crippen MR) is 113 cm³/mol. The summed E-state index contributed by atoms with van der Waals surface area (Å²) in [5.74, 6) is 0.480. The van der Waals surface area contributed by atoms with Crippen LogP contribution in [0.5, 0.6) is 5.75 Å². The van der Waals surface area contributed by atoms with Crippen LogP contribution in [0, 0.1) is 0 Å². The molecule has 0 bridgehead atoms. The number of amides is 2. The Kier molecular flexibility index (Phi) is 6.73. The lowest BCUT2D eigenvalue weighted by Crippen LogP contribution is -2.50. The molecule has 1 fully saturated rings. The van der Waals surface area contributed by atoms with Crippen molar-refractivity contribution in [3.63, 3.8) is 0 Å². The molecule has 1 aliphatic rings. The van der Waals surface area contributed by atoms with E-state index in [1.54, 1.807) is 24.1 Å². The average Bonchev–Trinajstić information content (AvgIpc) is 2.74. The summed E-state index contributed by atoms with van der Waals surface area (Å²) >= 11 is 0. The molecule has 0 radical (unpaired) electrons. The van der Waals surface area contributed by atoms with Crippen molar-refractivity contribution in [3.05, 3.63) is 54.1 Å². The number of benzene rings is 2. The van der Waals surface area contributed by atoms with Gasteiger partial charge in [0.2, 0.25) is 21.8 Å². The minimum atomic E-state index is -3.65. The van der Waals surface area contributed by atoms with E-state index in [9.17, 15) is 18.0 Å². The number of hydrogen-bond acceptors (Lipinski definition) is 5. The van der Waals surface area contributed by atoms with E-state index in [0.717, 1.165) is 11.3 Å². The smallest absolute Gasteiger partial charge is 0.243 e. The summed E-state index contributed by atoms with van der Waals surface area (Å²) in [6.45, 7) is 2.56. The summed E-state index contributed by atoms with van der Waals surface area (Å²) in [5.41, 5.74) is 1.42. The summed E-state index contributed by atoms with van der Waals surface area (Å²) in [7, 11) is -2.07. The van der Waals surface area contributed by atoms with Crippen molar-refractivity contribution in [1.29, 1.82) is 0 Å². The van der Waals surface area contributed by atoms with Gasteiger partial charge in [-0.2, -0.15) is 4.31 Å². The lowest BCUT2D eigenvalue weighted by molar-refractivity contribution is -0.131. The van der Waals surface area contributed by atoms with Crippen molar-refractivity contribution < 1.29 is 22.7 Å². The third-order valence-electron chi connectivity index (χ3n) is 4.92. The maximum Gasteiger partial charge on any atom is 0.243 e. The Hall–Kier alpha value is -2.91. The van der Waals surface area contributed by atoms with Gasteiger partial charge >= 0.3 is 0 Å². The van der Waals surface area contributed by atoms with E-state index in [-0.39, 0.29) is 36.2 Å². The predicted octanol–water partition coefficient (Wildman–Crippen LogP) is 1.73. The topological polar surface area (TPSA) is 96.0 Å². The summed E-state index contributed by atoms with van der Waals surface area (Å²) in [4.78, 5) is 25.5. The lowest BCUT2D eigenvalue weighted by Gasteiger charge is -2.34. The fourth-order valence-electron chi connectivity index (χ4n) is 3.27. The zero-order valence-electron chi connectivity index (χ0n) is 17.0. The van der Waals surface area contributed by atoms with E-state index in [2.05, 4.69) is 5.32 Å². The van der Waals surface area contributed by atoms with E-state index in [4.69, 9.17) is 4.74 Å². The van der Waals surface area contributed by atoms with Gasteiger partial charge in [0.25, 0.3) is 0 Å². The molecule has 2 aromatic rings. The Labute approximate surface area is 176 Å². The second-order valence-electron chi connectivity index (χ2n) is 7.02. The van der Waals surface area contributed by atoms with Gasteiger partial charge in [0.05, 0.1) is 18.4 Å². The van der Waals surface area contributed by atoms with Crippen LogP contribution in [0.25, 0.3) is 0 Å². The quantitative estimate of drug-likeness (QED) is 0.752. The molecule has 0 aromatic heterocycles. The second-order valence-corrected chi connectivity index (χ2v) is 8.95. The van der Waals surface area contributed by atoms with Crippen LogP contribution >= 0.6 is 0 Å². The van der Waals surface area contributed by atoms with E-state index in [1.165, 1.54) is 23.4 Å². The first kappa shape index (κ1) is 21.8. The number of ether oxygens (including phenoxy) is 1. The SMILES string of the molecule is COc1ccc(CC(=O)N2CCN(S(=O)(=O)c3ccc(NC(C)=O)cc3)CC2)cc1. The fraction of sp³-hybridized carbons (Fsp3) is 0.333. The van der Waals surface area contributed by atoms with Gasteiger partial charge in [-0.25, -0.2) is 8.42 Å². The molecule has 1 aliphatic heterocycles. The molecule has 9 heteroatoms. The van der Waals surface area contributed by atoms with Gasteiger partial charge in [-0.1, -0.05) is 12.1 Å². The number of nitrogens with one attached hydrogen (secondary N) is 1. The molecular weight excluding hydrogens is 406 g/mol. The van der Waals surface area contributed by atoms with Crippen molar-refractivity contribution in [2.45, 2.75) is 18.2 Å². The second kappa shape index (κ2) is 9.27.